The van der Waals surface area contributed by atoms with Gasteiger partial charge < -0.3 is 20.7 Å². The van der Waals surface area contributed by atoms with Gasteiger partial charge in [-0.1, -0.05) is 17.7 Å². The first-order valence-electron chi connectivity index (χ1n) is 6.64. The molecule has 2 rings (SSSR count). The number of hydrogen-bond donors (Lipinski definition) is 3. The van der Waals surface area contributed by atoms with E-state index in [-0.39, 0.29) is 6.03 Å². The molecule has 0 radical (unpaired) electrons. The lowest BCUT2D eigenvalue weighted by molar-refractivity contribution is 0.123. The quantitative estimate of drug-likeness (QED) is 0.771. The second-order valence-electron chi connectivity index (χ2n) is 4.85. The average Bonchev–Trinajstić information content (AvgIpc) is 2.68. The topological polar surface area (TPSA) is 62.4 Å². The van der Waals surface area contributed by atoms with Crippen LogP contribution in [0.3, 0.4) is 0 Å². The number of hydrogen-bond acceptors (Lipinski definition) is 3. The molecule has 0 aliphatic carbocycles. The summed E-state index contributed by atoms with van der Waals surface area (Å²) in [6, 6.07) is 7.56. The Balaban J connectivity index is 1.73. The molecule has 1 aromatic rings. The first kappa shape index (κ1) is 13.8. The molecule has 1 saturated heterocycles. The molecule has 0 aromatic heterocycles. The van der Waals surface area contributed by atoms with E-state index in [1.54, 1.807) is 0 Å². The Bertz CT molecular complexity index is 398. The Morgan fingerprint density at radius 1 is 1.42 bits per heavy atom. The van der Waals surface area contributed by atoms with Gasteiger partial charge >= 0.3 is 6.03 Å². The number of aryl methyl sites for hydroxylation is 1. The molecule has 1 aliphatic heterocycles. The summed E-state index contributed by atoms with van der Waals surface area (Å²) in [7, 11) is 0. The fourth-order valence-electron chi connectivity index (χ4n) is 1.94. The monoisotopic (exact) mass is 263 g/mol. The molecule has 0 bridgehead atoms. The van der Waals surface area contributed by atoms with Crippen molar-refractivity contribution in [1.82, 2.24) is 10.6 Å². The molecule has 104 valence electrons. The molecule has 1 aromatic carbocycles. The van der Waals surface area contributed by atoms with Crippen LogP contribution in [0, 0.1) is 12.8 Å². The maximum absolute atomic E-state index is 11.7. The summed E-state index contributed by atoms with van der Waals surface area (Å²) in [5, 5.41) is 8.97. The van der Waals surface area contributed by atoms with Gasteiger partial charge in [0.2, 0.25) is 0 Å². The van der Waals surface area contributed by atoms with Crippen molar-refractivity contribution >= 4 is 11.7 Å². The number of urea groups is 1. The number of nitrogens with one attached hydrogen (secondary N) is 3. The lowest BCUT2D eigenvalue weighted by atomic mass is 10.1. The summed E-state index contributed by atoms with van der Waals surface area (Å²) < 4.78 is 5.44. The zero-order valence-electron chi connectivity index (χ0n) is 11.2. The predicted octanol–water partition coefficient (Wildman–Crippen LogP) is 1.35. The van der Waals surface area contributed by atoms with Crippen molar-refractivity contribution in [2.45, 2.75) is 6.92 Å². The third-order valence-corrected chi connectivity index (χ3v) is 3.07. The fraction of sp³-hybridized carbons (Fsp3) is 0.500. The number of carbonyl (C=O) groups is 1. The van der Waals surface area contributed by atoms with E-state index in [9.17, 15) is 4.79 Å². The van der Waals surface area contributed by atoms with E-state index in [4.69, 9.17) is 4.74 Å². The number of carbonyl (C=O) groups excluding carboxylic acids is 1. The van der Waals surface area contributed by atoms with Gasteiger partial charge in [-0.25, -0.2) is 4.79 Å². The number of amides is 2. The lowest BCUT2D eigenvalue weighted by Gasteiger charge is -2.15. The maximum atomic E-state index is 11.7. The Kier molecular flexibility index (Phi) is 5.18. The van der Waals surface area contributed by atoms with Crippen molar-refractivity contribution in [3.63, 3.8) is 0 Å². The summed E-state index contributed by atoms with van der Waals surface area (Å²) in [6.07, 6.45) is 0. The van der Waals surface area contributed by atoms with Crippen molar-refractivity contribution in [2.24, 2.45) is 5.92 Å². The van der Waals surface area contributed by atoms with Crippen LogP contribution in [0.15, 0.2) is 24.3 Å². The van der Waals surface area contributed by atoms with E-state index in [0.29, 0.717) is 19.1 Å². The van der Waals surface area contributed by atoms with Gasteiger partial charge in [0.25, 0.3) is 0 Å². The minimum Gasteiger partial charge on any atom is -0.380 e. The first-order valence-corrected chi connectivity index (χ1v) is 6.64. The molecule has 1 atom stereocenters. The molecule has 5 heteroatoms. The van der Waals surface area contributed by atoms with Crippen LogP contribution >= 0.6 is 0 Å². The van der Waals surface area contributed by atoms with Gasteiger partial charge in [0.15, 0.2) is 0 Å². The second-order valence-corrected chi connectivity index (χ2v) is 4.85. The third kappa shape index (κ3) is 4.89. The Labute approximate surface area is 113 Å². The lowest BCUT2D eigenvalue weighted by Crippen LogP contribution is -2.37. The summed E-state index contributed by atoms with van der Waals surface area (Å²) in [5.74, 6) is 0.325. The minimum atomic E-state index is -0.173. The molecule has 3 N–H and O–H groups in total. The highest BCUT2D eigenvalue weighted by molar-refractivity contribution is 5.89. The molecule has 5 nitrogen and oxygen atoms in total. The maximum Gasteiger partial charge on any atom is 0.319 e. The van der Waals surface area contributed by atoms with Crippen molar-refractivity contribution in [3.8, 4) is 0 Å². The van der Waals surface area contributed by atoms with E-state index in [0.717, 1.165) is 25.4 Å². The predicted molar refractivity (Wildman–Crippen MR) is 75.4 cm³/mol. The van der Waals surface area contributed by atoms with Crippen LogP contribution in [-0.4, -0.2) is 38.9 Å². The van der Waals surface area contributed by atoms with Crippen molar-refractivity contribution in [2.75, 3.05) is 38.2 Å². The first-order chi connectivity index (χ1) is 9.24. The SMILES string of the molecule is Cc1ccc(NC(=O)NC[C@H]2CNCCOC2)cc1. The standard InChI is InChI=1S/C14H21N3O2/c1-11-2-4-13(5-3-11)17-14(18)16-9-12-8-15-6-7-19-10-12/h2-5,12,15H,6-10H2,1H3,(H2,16,17,18)/t12-/m1/s1. The van der Waals surface area contributed by atoms with Crippen LogP contribution in [0.5, 0.6) is 0 Å². The van der Waals surface area contributed by atoms with Gasteiger partial charge in [-0.15, -0.1) is 0 Å². The molecule has 1 heterocycles. The zero-order chi connectivity index (χ0) is 13.5. The Morgan fingerprint density at radius 2 is 2.21 bits per heavy atom. The zero-order valence-corrected chi connectivity index (χ0v) is 11.2. The molecule has 1 fully saturated rings. The minimum absolute atomic E-state index is 0.173. The van der Waals surface area contributed by atoms with E-state index >= 15 is 0 Å². The van der Waals surface area contributed by atoms with E-state index < -0.39 is 0 Å². The van der Waals surface area contributed by atoms with E-state index in [1.807, 2.05) is 31.2 Å². The number of rotatable bonds is 3. The van der Waals surface area contributed by atoms with Gasteiger partial charge in [0.05, 0.1) is 13.2 Å². The molecule has 0 saturated carbocycles. The molecule has 0 spiro atoms. The molecule has 0 unspecified atom stereocenters. The molecule has 19 heavy (non-hydrogen) atoms. The highest BCUT2D eigenvalue weighted by atomic mass is 16.5. The molecular formula is C14H21N3O2. The van der Waals surface area contributed by atoms with Crippen LogP contribution in [0.1, 0.15) is 5.56 Å². The third-order valence-electron chi connectivity index (χ3n) is 3.07. The van der Waals surface area contributed by atoms with Crippen LogP contribution in [0.4, 0.5) is 10.5 Å². The Morgan fingerprint density at radius 3 is 3.00 bits per heavy atom. The normalized spacial score (nSPS) is 19.5. The molecule has 2 amide bonds. The number of ether oxygens (including phenoxy) is 1. The fourth-order valence-corrected chi connectivity index (χ4v) is 1.94. The van der Waals surface area contributed by atoms with Crippen LogP contribution in [-0.2, 0) is 4.74 Å². The second kappa shape index (κ2) is 7.11. The van der Waals surface area contributed by atoms with Crippen molar-refractivity contribution in [3.05, 3.63) is 29.8 Å². The van der Waals surface area contributed by atoms with Crippen LogP contribution < -0.4 is 16.0 Å². The van der Waals surface area contributed by atoms with Gasteiger partial charge in [-0.05, 0) is 19.1 Å². The van der Waals surface area contributed by atoms with Gasteiger partial charge in [0, 0.05) is 31.2 Å². The van der Waals surface area contributed by atoms with Gasteiger partial charge in [-0.2, -0.15) is 0 Å². The van der Waals surface area contributed by atoms with Crippen LogP contribution in [0.2, 0.25) is 0 Å². The summed E-state index contributed by atoms with van der Waals surface area (Å²) in [5.41, 5.74) is 1.98. The average molecular weight is 263 g/mol. The van der Waals surface area contributed by atoms with Crippen molar-refractivity contribution < 1.29 is 9.53 Å². The highest BCUT2D eigenvalue weighted by Crippen LogP contribution is 2.08. The van der Waals surface area contributed by atoms with Gasteiger partial charge in [0.1, 0.15) is 0 Å². The van der Waals surface area contributed by atoms with E-state index in [1.165, 1.54) is 5.56 Å². The number of benzene rings is 1. The van der Waals surface area contributed by atoms with Crippen LogP contribution in [0.25, 0.3) is 0 Å². The Hall–Kier alpha value is -1.59. The largest absolute Gasteiger partial charge is 0.380 e. The summed E-state index contributed by atoms with van der Waals surface area (Å²) in [6.45, 7) is 5.83. The van der Waals surface area contributed by atoms with E-state index in [2.05, 4.69) is 16.0 Å². The summed E-state index contributed by atoms with van der Waals surface area (Å²) >= 11 is 0. The number of anilines is 1. The molecule has 1 aliphatic rings. The smallest absolute Gasteiger partial charge is 0.319 e. The highest BCUT2D eigenvalue weighted by Gasteiger charge is 2.13. The summed E-state index contributed by atoms with van der Waals surface area (Å²) in [4.78, 5) is 11.7. The molecular weight excluding hydrogens is 242 g/mol. The van der Waals surface area contributed by atoms with Gasteiger partial charge in [-0.3, -0.25) is 0 Å². The van der Waals surface area contributed by atoms with Crippen molar-refractivity contribution in [1.29, 1.82) is 0 Å².